The normalized spacial score (nSPS) is 17.1. The average Bonchev–Trinajstić information content (AvgIpc) is 3.12. The van der Waals surface area contributed by atoms with Gasteiger partial charge in [0.25, 0.3) is 0 Å². The van der Waals surface area contributed by atoms with E-state index in [1.165, 1.54) is 18.2 Å². The molecule has 3 rings (SSSR count). The predicted molar refractivity (Wildman–Crippen MR) is 98.2 cm³/mol. The quantitative estimate of drug-likeness (QED) is 0.445. The molecule has 1 aliphatic heterocycles. The fraction of sp³-hybridized carbons (Fsp3) is 0.500. The molecule has 2 N–H and O–H groups in total. The number of aryl methyl sites for hydroxylation is 1. The van der Waals surface area contributed by atoms with Gasteiger partial charge in [-0.1, -0.05) is 12.1 Å². The van der Waals surface area contributed by atoms with Crippen LogP contribution in [-0.4, -0.2) is 46.5 Å². The van der Waals surface area contributed by atoms with Crippen LogP contribution in [0.3, 0.4) is 0 Å². The summed E-state index contributed by atoms with van der Waals surface area (Å²) in [5.74, 6) is 1.38. The van der Waals surface area contributed by atoms with Crippen LogP contribution < -0.4 is 15.4 Å². The second kappa shape index (κ2) is 8.94. The Labute approximate surface area is 161 Å². The first-order chi connectivity index (χ1) is 13.5. The van der Waals surface area contributed by atoms with E-state index in [0.29, 0.717) is 19.0 Å². The second-order valence-electron chi connectivity index (χ2n) is 6.34. The van der Waals surface area contributed by atoms with Crippen LogP contribution in [0.5, 0.6) is 5.75 Å². The molecule has 0 radical (unpaired) electrons. The topological polar surface area (TPSA) is 76.4 Å². The third-order valence-electron chi connectivity index (χ3n) is 4.30. The molecule has 0 saturated heterocycles. The molecule has 0 amide bonds. The van der Waals surface area contributed by atoms with Crippen molar-refractivity contribution in [3.05, 3.63) is 42.0 Å². The Hall–Kier alpha value is -2.78. The molecule has 2 heterocycles. The van der Waals surface area contributed by atoms with Gasteiger partial charge < -0.3 is 15.4 Å². The van der Waals surface area contributed by atoms with Gasteiger partial charge in [0.2, 0.25) is 0 Å². The number of para-hydroxylation sites is 1. The van der Waals surface area contributed by atoms with E-state index in [2.05, 4.69) is 25.7 Å². The minimum Gasteiger partial charge on any atom is -0.491 e. The van der Waals surface area contributed by atoms with E-state index in [0.717, 1.165) is 24.7 Å². The molecule has 0 aliphatic carbocycles. The maximum Gasteiger partial charge on any atom is 0.419 e. The first-order valence-electron chi connectivity index (χ1n) is 9.18. The number of nitrogens with one attached hydrogen (secondary N) is 2. The zero-order chi connectivity index (χ0) is 20.0. The predicted octanol–water partition coefficient (Wildman–Crippen LogP) is 2.25. The third kappa shape index (κ3) is 5.14. The fourth-order valence-corrected chi connectivity index (χ4v) is 3.01. The van der Waals surface area contributed by atoms with Gasteiger partial charge in [-0.3, -0.25) is 0 Å². The standard InChI is InChI=1S/C18H23F3N6O/c1-2-22-17(26-13-7-8-16-24-12-25-27(16)11-13)23-9-10-28-15-6-4-3-5-14(15)18(19,20)21/h3-6,12-13H,2,7-11H2,1H3,(H2,22,23,26). The molecule has 1 aromatic carbocycles. The van der Waals surface area contributed by atoms with Crippen LogP contribution in [0.4, 0.5) is 13.2 Å². The van der Waals surface area contributed by atoms with Crippen molar-refractivity contribution in [3.8, 4) is 5.75 Å². The highest BCUT2D eigenvalue weighted by Crippen LogP contribution is 2.35. The number of aliphatic imine (C=N–C) groups is 1. The van der Waals surface area contributed by atoms with Crippen LogP contribution >= 0.6 is 0 Å². The summed E-state index contributed by atoms with van der Waals surface area (Å²) in [6.45, 7) is 3.58. The summed E-state index contributed by atoms with van der Waals surface area (Å²) in [4.78, 5) is 8.60. The van der Waals surface area contributed by atoms with Crippen molar-refractivity contribution in [2.45, 2.75) is 38.5 Å². The SMILES string of the molecule is CCNC(=NCCOc1ccccc1C(F)(F)F)NC1CCc2ncnn2C1. The molecular weight excluding hydrogens is 373 g/mol. The first kappa shape index (κ1) is 20.0. The third-order valence-corrected chi connectivity index (χ3v) is 4.30. The summed E-state index contributed by atoms with van der Waals surface area (Å²) in [6, 6.07) is 5.32. The molecule has 1 unspecified atom stereocenters. The van der Waals surface area contributed by atoms with E-state index in [9.17, 15) is 13.2 Å². The highest BCUT2D eigenvalue weighted by Gasteiger charge is 2.33. The molecule has 1 aromatic heterocycles. The lowest BCUT2D eigenvalue weighted by molar-refractivity contribution is -0.138. The van der Waals surface area contributed by atoms with E-state index < -0.39 is 11.7 Å². The Bertz CT molecular complexity index is 805. The van der Waals surface area contributed by atoms with Crippen molar-refractivity contribution in [1.29, 1.82) is 0 Å². The van der Waals surface area contributed by atoms with E-state index >= 15 is 0 Å². The van der Waals surface area contributed by atoms with Crippen molar-refractivity contribution in [3.63, 3.8) is 0 Å². The van der Waals surface area contributed by atoms with E-state index in [1.54, 1.807) is 6.33 Å². The number of alkyl halides is 3. The van der Waals surface area contributed by atoms with Gasteiger partial charge in [0.05, 0.1) is 18.7 Å². The van der Waals surface area contributed by atoms with Gasteiger partial charge in [-0.15, -0.1) is 0 Å². The van der Waals surface area contributed by atoms with Gasteiger partial charge >= 0.3 is 6.18 Å². The van der Waals surface area contributed by atoms with Crippen LogP contribution in [0, 0.1) is 0 Å². The lowest BCUT2D eigenvalue weighted by Gasteiger charge is -2.25. The number of nitrogens with zero attached hydrogens (tertiary/aromatic N) is 4. The van der Waals surface area contributed by atoms with Crippen molar-refractivity contribution < 1.29 is 17.9 Å². The molecule has 1 aliphatic rings. The van der Waals surface area contributed by atoms with E-state index in [1.807, 2.05) is 11.6 Å². The molecule has 1 atom stereocenters. The van der Waals surface area contributed by atoms with Gasteiger partial charge in [0, 0.05) is 19.0 Å². The average molecular weight is 396 g/mol. The number of ether oxygens (including phenoxy) is 1. The molecule has 152 valence electrons. The van der Waals surface area contributed by atoms with Crippen LogP contribution in [0.1, 0.15) is 24.7 Å². The maximum absolute atomic E-state index is 13.0. The lowest BCUT2D eigenvalue weighted by atomic mass is 10.1. The van der Waals surface area contributed by atoms with E-state index in [-0.39, 0.29) is 24.9 Å². The second-order valence-corrected chi connectivity index (χ2v) is 6.34. The Morgan fingerprint density at radius 3 is 2.96 bits per heavy atom. The van der Waals surface area contributed by atoms with Gasteiger partial charge in [-0.25, -0.2) is 14.7 Å². The minimum absolute atomic E-state index is 0.0432. The number of benzene rings is 1. The molecule has 0 saturated carbocycles. The molecule has 10 heteroatoms. The summed E-state index contributed by atoms with van der Waals surface area (Å²) in [5.41, 5.74) is -0.783. The number of halogens is 3. The molecule has 28 heavy (non-hydrogen) atoms. The van der Waals surface area contributed by atoms with Crippen LogP contribution in [0.2, 0.25) is 0 Å². The molecule has 2 aromatic rings. The minimum atomic E-state index is -4.45. The number of hydrogen-bond acceptors (Lipinski definition) is 4. The van der Waals surface area contributed by atoms with Crippen molar-refractivity contribution in [2.75, 3.05) is 19.7 Å². The highest BCUT2D eigenvalue weighted by molar-refractivity contribution is 5.80. The van der Waals surface area contributed by atoms with Crippen LogP contribution in [0.25, 0.3) is 0 Å². The Morgan fingerprint density at radius 2 is 2.18 bits per heavy atom. The number of guanidine groups is 1. The zero-order valence-corrected chi connectivity index (χ0v) is 15.5. The number of hydrogen-bond donors (Lipinski definition) is 2. The molecule has 7 nitrogen and oxygen atoms in total. The smallest absolute Gasteiger partial charge is 0.419 e. The highest BCUT2D eigenvalue weighted by atomic mass is 19.4. The van der Waals surface area contributed by atoms with Gasteiger partial charge in [-0.05, 0) is 25.5 Å². The molecule has 0 bridgehead atoms. The lowest BCUT2D eigenvalue weighted by Crippen LogP contribution is -2.47. The Balaban J connectivity index is 1.54. The van der Waals surface area contributed by atoms with Gasteiger partial charge in [0.15, 0.2) is 5.96 Å². The van der Waals surface area contributed by atoms with E-state index in [4.69, 9.17) is 4.74 Å². The van der Waals surface area contributed by atoms with Crippen LogP contribution in [0.15, 0.2) is 35.6 Å². The van der Waals surface area contributed by atoms with Crippen molar-refractivity contribution >= 4 is 5.96 Å². The van der Waals surface area contributed by atoms with Gasteiger partial charge in [-0.2, -0.15) is 18.3 Å². The number of fused-ring (bicyclic) bond motifs is 1. The molecular formula is C18H23F3N6O. The van der Waals surface area contributed by atoms with Crippen molar-refractivity contribution in [2.24, 2.45) is 4.99 Å². The number of aromatic nitrogens is 3. The monoisotopic (exact) mass is 396 g/mol. The van der Waals surface area contributed by atoms with Gasteiger partial charge in [0.1, 0.15) is 24.5 Å². The maximum atomic E-state index is 13.0. The van der Waals surface area contributed by atoms with Crippen LogP contribution in [-0.2, 0) is 19.1 Å². The molecule has 0 fully saturated rings. The summed E-state index contributed by atoms with van der Waals surface area (Å²) >= 11 is 0. The largest absolute Gasteiger partial charge is 0.491 e. The molecule has 0 spiro atoms. The summed E-state index contributed by atoms with van der Waals surface area (Å²) in [6.07, 6.45) is -1.17. The fourth-order valence-electron chi connectivity index (χ4n) is 3.01. The summed E-state index contributed by atoms with van der Waals surface area (Å²) in [5, 5.41) is 10.7. The summed E-state index contributed by atoms with van der Waals surface area (Å²) < 4.78 is 46.1. The summed E-state index contributed by atoms with van der Waals surface area (Å²) in [7, 11) is 0. The Morgan fingerprint density at radius 1 is 1.36 bits per heavy atom. The Kier molecular flexibility index (Phi) is 6.37. The zero-order valence-electron chi connectivity index (χ0n) is 15.5. The number of rotatable bonds is 6. The first-order valence-corrected chi connectivity index (χ1v) is 9.18. The van der Waals surface area contributed by atoms with Crippen molar-refractivity contribution in [1.82, 2.24) is 25.4 Å².